The number of aromatic amines is 1. The molecule has 0 saturated heterocycles. The van der Waals surface area contributed by atoms with Crippen LogP contribution in [0.2, 0.25) is 0 Å². The molecule has 0 aliphatic heterocycles. The molecule has 0 radical (unpaired) electrons. The van der Waals surface area contributed by atoms with E-state index in [0.717, 1.165) is 12.1 Å². The molecule has 5 N–H and O–H groups in total. The van der Waals surface area contributed by atoms with Gasteiger partial charge in [0.15, 0.2) is 6.29 Å². The molecule has 0 saturated carbocycles. The maximum absolute atomic E-state index is 13.1. The number of halogens is 3. The minimum Gasteiger partial charge on any atom is -0.369 e. The Labute approximate surface area is 212 Å². The lowest BCUT2D eigenvalue weighted by molar-refractivity contribution is -0.137. The maximum Gasteiger partial charge on any atom is 0.416 e. The van der Waals surface area contributed by atoms with Crippen molar-refractivity contribution in [3.05, 3.63) is 53.2 Å². The lowest BCUT2D eigenvalue weighted by Gasteiger charge is -2.39. The van der Waals surface area contributed by atoms with Gasteiger partial charge in [0.05, 0.1) is 35.5 Å². The van der Waals surface area contributed by atoms with E-state index >= 15 is 0 Å². The third-order valence-electron chi connectivity index (χ3n) is 6.23. The molecule has 1 aliphatic rings. The Kier molecular flexibility index (Phi) is 9.11. The Morgan fingerprint density at radius 3 is 2.35 bits per heavy atom. The zero-order valence-corrected chi connectivity index (χ0v) is 20.7. The van der Waals surface area contributed by atoms with Gasteiger partial charge in [-0.25, -0.2) is 0 Å². The Hall–Kier alpha value is -3.22. The second-order valence-corrected chi connectivity index (χ2v) is 8.91. The number of hydrogen-bond acceptors (Lipinski definition) is 6. The van der Waals surface area contributed by atoms with E-state index in [0.29, 0.717) is 18.4 Å². The van der Waals surface area contributed by atoms with Gasteiger partial charge in [0.1, 0.15) is 5.69 Å². The minimum atomic E-state index is -4.47. The number of carbonyl (C=O) groups excluding carboxylic acids is 2. The summed E-state index contributed by atoms with van der Waals surface area (Å²) < 4.78 is 44.6. The van der Waals surface area contributed by atoms with E-state index in [1.165, 1.54) is 25.1 Å². The summed E-state index contributed by atoms with van der Waals surface area (Å²) in [7, 11) is 0. The number of nitrogens with zero attached hydrogens (tertiary/aromatic N) is 1. The van der Waals surface area contributed by atoms with E-state index in [1.807, 2.05) is 13.8 Å². The topological polar surface area (TPSA) is 137 Å². The van der Waals surface area contributed by atoms with Crippen molar-refractivity contribution in [1.82, 2.24) is 20.8 Å². The van der Waals surface area contributed by atoms with E-state index < -0.39 is 42.1 Å². The summed E-state index contributed by atoms with van der Waals surface area (Å²) in [6.07, 6.45) is -4.13. The van der Waals surface area contributed by atoms with Gasteiger partial charge in [0, 0.05) is 12.5 Å². The van der Waals surface area contributed by atoms with Crippen LogP contribution < -0.4 is 10.6 Å². The van der Waals surface area contributed by atoms with Crippen molar-refractivity contribution in [3.63, 3.8) is 0 Å². The molecule has 37 heavy (non-hydrogen) atoms. The molecule has 3 rings (SSSR count). The number of aromatic nitrogens is 2. The highest BCUT2D eigenvalue weighted by Crippen LogP contribution is 2.31. The van der Waals surface area contributed by atoms with Crippen LogP contribution in [-0.2, 0) is 15.7 Å². The van der Waals surface area contributed by atoms with Crippen molar-refractivity contribution < 1.29 is 37.7 Å². The molecule has 1 aliphatic carbocycles. The summed E-state index contributed by atoms with van der Waals surface area (Å²) in [5.41, 5.74) is 0.116. The first-order chi connectivity index (χ1) is 17.4. The quantitative estimate of drug-likeness (QED) is 0.253. The fourth-order valence-corrected chi connectivity index (χ4v) is 4.23. The number of nitrogens with one attached hydrogen (secondary N) is 3. The van der Waals surface area contributed by atoms with Crippen LogP contribution in [0.15, 0.2) is 42.0 Å². The Morgan fingerprint density at radius 2 is 1.81 bits per heavy atom. The number of H-pyrrole nitrogens is 1. The third-order valence-corrected chi connectivity index (χ3v) is 6.23. The molecular formula is C25H31F3N4O5. The van der Waals surface area contributed by atoms with Gasteiger partial charge in [-0.15, -0.1) is 0 Å². The number of amides is 2. The number of aliphatic hydroxyl groups is 2. The van der Waals surface area contributed by atoms with Gasteiger partial charge in [-0.3, -0.25) is 14.7 Å². The van der Waals surface area contributed by atoms with E-state index in [1.54, 1.807) is 6.08 Å². The second-order valence-electron chi connectivity index (χ2n) is 8.91. The Balaban J connectivity index is 1.82. The fourth-order valence-electron chi connectivity index (χ4n) is 4.23. The van der Waals surface area contributed by atoms with E-state index in [-0.39, 0.29) is 35.4 Å². The van der Waals surface area contributed by atoms with Crippen LogP contribution >= 0.6 is 0 Å². The molecular weight excluding hydrogens is 493 g/mol. The molecule has 9 nitrogen and oxygen atoms in total. The van der Waals surface area contributed by atoms with Crippen LogP contribution in [0.4, 0.5) is 13.2 Å². The average Bonchev–Trinajstić information content (AvgIpc) is 3.33. The predicted octanol–water partition coefficient (Wildman–Crippen LogP) is 2.91. The van der Waals surface area contributed by atoms with E-state index in [2.05, 4.69) is 20.8 Å². The van der Waals surface area contributed by atoms with Gasteiger partial charge in [0.2, 0.25) is 5.91 Å². The van der Waals surface area contributed by atoms with Crippen LogP contribution in [0.25, 0.3) is 11.3 Å². The number of alkyl halides is 3. The molecule has 202 valence electrons. The minimum absolute atomic E-state index is 0.0367. The molecule has 1 aromatic heterocycles. The molecule has 1 heterocycles. The van der Waals surface area contributed by atoms with Gasteiger partial charge in [-0.1, -0.05) is 26.0 Å². The van der Waals surface area contributed by atoms with Crippen LogP contribution in [0.1, 0.15) is 56.1 Å². The molecule has 0 spiro atoms. The Bertz CT molecular complexity index is 1110. The molecule has 0 unspecified atom stereocenters. The lowest BCUT2D eigenvalue weighted by atomic mass is 9.87. The fraction of sp³-hybridized carbons (Fsp3) is 0.480. The van der Waals surface area contributed by atoms with E-state index in [4.69, 9.17) is 4.74 Å². The molecule has 2 aromatic rings. The van der Waals surface area contributed by atoms with Crippen molar-refractivity contribution >= 4 is 11.8 Å². The normalized spacial score (nSPS) is 20.2. The Morgan fingerprint density at radius 1 is 1.16 bits per heavy atom. The van der Waals surface area contributed by atoms with Crippen molar-refractivity contribution in [2.24, 2.45) is 0 Å². The standard InChI is InChI=1S/C25H31F3N4O5/c1-4-17(5-2)37-21-11-15(24(35)36)10-19(22(21)29-13(3)33)30-23(34)20-12-18(31-32-20)14-6-8-16(9-7-14)25(26,27)28/h6-9,11-12,17,19,21-22,24,35-36H,4-5,10H2,1-3H3,(H,29,33)(H,30,34)(H,31,32)/t19-,21+,22+/m0/s1. The second kappa shape index (κ2) is 11.9. The predicted molar refractivity (Wildman–Crippen MR) is 128 cm³/mol. The van der Waals surface area contributed by atoms with Crippen molar-refractivity contribution in [2.45, 2.75) is 76.8 Å². The van der Waals surface area contributed by atoms with Gasteiger partial charge in [-0.05, 0) is 49.1 Å². The summed E-state index contributed by atoms with van der Waals surface area (Å²) in [5, 5.41) is 31.8. The number of ether oxygens (including phenoxy) is 1. The number of rotatable bonds is 9. The van der Waals surface area contributed by atoms with Gasteiger partial charge < -0.3 is 25.6 Å². The summed E-state index contributed by atoms with van der Waals surface area (Å²) in [4.78, 5) is 25.0. The highest BCUT2D eigenvalue weighted by Gasteiger charge is 2.38. The summed E-state index contributed by atoms with van der Waals surface area (Å²) in [6.45, 7) is 5.22. The first kappa shape index (κ1) is 28.4. The zero-order chi connectivity index (χ0) is 27.3. The molecule has 12 heteroatoms. The highest BCUT2D eigenvalue weighted by atomic mass is 19.4. The molecule has 2 amide bonds. The first-order valence-corrected chi connectivity index (χ1v) is 12.0. The molecule has 3 atom stereocenters. The third kappa shape index (κ3) is 7.18. The van der Waals surface area contributed by atoms with Crippen LogP contribution in [-0.4, -0.2) is 62.8 Å². The van der Waals surface area contributed by atoms with Gasteiger partial charge in [0.25, 0.3) is 5.91 Å². The number of carbonyl (C=O) groups is 2. The zero-order valence-electron chi connectivity index (χ0n) is 20.7. The first-order valence-electron chi connectivity index (χ1n) is 12.0. The van der Waals surface area contributed by atoms with Gasteiger partial charge in [-0.2, -0.15) is 18.3 Å². The average molecular weight is 525 g/mol. The van der Waals surface area contributed by atoms with Crippen molar-refractivity contribution in [1.29, 1.82) is 0 Å². The highest BCUT2D eigenvalue weighted by molar-refractivity contribution is 5.93. The van der Waals surface area contributed by atoms with Crippen LogP contribution in [0.3, 0.4) is 0 Å². The smallest absolute Gasteiger partial charge is 0.369 e. The molecule has 1 aromatic carbocycles. The number of benzene rings is 1. The summed E-state index contributed by atoms with van der Waals surface area (Å²) in [6, 6.07) is 4.32. The van der Waals surface area contributed by atoms with Crippen LogP contribution in [0, 0.1) is 0 Å². The van der Waals surface area contributed by atoms with Crippen molar-refractivity contribution in [3.8, 4) is 11.3 Å². The lowest BCUT2D eigenvalue weighted by Crippen LogP contribution is -2.59. The maximum atomic E-state index is 13.1. The largest absolute Gasteiger partial charge is 0.416 e. The number of aliphatic hydroxyl groups excluding tert-OH is 1. The molecule has 0 bridgehead atoms. The summed E-state index contributed by atoms with van der Waals surface area (Å²) >= 11 is 0. The number of hydrogen-bond donors (Lipinski definition) is 5. The monoisotopic (exact) mass is 524 g/mol. The molecule has 0 fully saturated rings. The van der Waals surface area contributed by atoms with Crippen LogP contribution in [0.5, 0.6) is 0 Å². The summed E-state index contributed by atoms with van der Waals surface area (Å²) in [5.74, 6) is -0.948. The van der Waals surface area contributed by atoms with Crippen molar-refractivity contribution in [2.75, 3.05) is 0 Å². The van der Waals surface area contributed by atoms with E-state index in [9.17, 15) is 33.0 Å². The SMILES string of the molecule is CCC(CC)O[C@@H]1C=C(C(O)O)C[C@H](NC(=O)c2cc(-c3ccc(C(F)(F)F)cc3)n[nH]2)[C@H]1NC(C)=O. The van der Waals surface area contributed by atoms with Gasteiger partial charge >= 0.3 is 6.18 Å².